The summed E-state index contributed by atoms with van der Waals surface area (Å²) >= 11 is 0. The molecule has 0 saturated carbocycles. The molecule has 0 aliphatic carbocycles. The summed E-state index contributed by atoms with van der Waals surface area (Å²) in [4.78, 5) is 15.2. The predicted molar refractivity (Wildman–Crippen MR) is 98.5 cm³/mol. The first-order valence-corrected chi connectivity index (χ1v) is 9.75. The number of rotatable bonds is 10. The molecule has 3 rings (SSSR count). The van der Waals surface area contributed by atoms with Crippen LogP contribution < -0.4 is 0 Å². The number of piperidine rings is 1. The standard InChI is InChI=1S/C21H31NO3/c1-2-24-12-13-25-11-10-21(23)18-14-19-8-9-20(15-18)22(19)16-17-6-4-3-5-7-17/h3-7,18-20H,2,8-16H2,1H3. The number of ether oxygens (including phenoxy) is 2. The summed E-state index contributed by atoms with van der Waals surface area (Å²) < 4.78 is 10.7. The molecule has 1 aromatic carbocycles. The van der Waals surface area contributed by atoms with Gasteiger partial charge in [0, 0.05) is 37.6 Å². The van der Waals surface area contributed by atoms with E-state index in [0.29, 0.717) is 50.7 Å². The molecule has 138 valence electrons. The molecule has 4 nitrogen and oxygen atoms in total. The van der Waals surface area contributed by atoms with Gasteiger partial charge in [0.2, 0.25) is 0 Å². The summed E-state index contributed by atoms with van der Waals surface area (Å²) in [6.07, 6.45) is 5.09. The minimum Gasteiger partial charge on any atom is -0.379 e. The summed E-state index contributed by atoms with van der Waals surface area (Å²) in [6.45, 7) is 5.45. The van der Waals surface area contributed by atoms with Gasteiger partial charge < -0.3 is 9.47 Å². The largest absolute Gasteiger partial charge is 0.379 e. The fraction of sp³-hybridized carbons (Fsp3) is 0.667. The lowest BCUT2D eigenvalue weighted by molar-refractivity contribution is -0.126. The van der Waals surface area contributed by atoms with E-state index < -0.39 is 0 Å². The SMILES string of the molecule is CCOCCOCCC(=O)C1CC2CCC(C1)N2Cc1ccccc1. The summed E-state index contributed by atoms with van der Waals surface area (Å²) in [6, 6.07) is 11.8. The Balaban J connectivity index is 1.42. The van der Waals surface area contributed by atoms with E-state index in [4.69, 9.17) is 9.47 Å². The molecule has 0 spiro atoms. The number of fused-ring (bicyclic) bond motifs is 2. The van der Waals surface area contributed by atoms with Gasteiger partial charge in [0.15, 0.2) is 0 Å². The number of hydrogen-bond donors (Lipinski definition) is 0. The molecule has 0 N–H and O–H groups in total. The molecular formula is C21H31NO3. The van der Waals surface area contributed by atoms with Gasteiger partial charge in [0.1, 0.15) is 5.78 Å². The molecule has 0 aromatic heterocycles. The van der Waals surface area contributed by atoms with Crippen molar-refractivity contribution in [2.75, 3.05) is 26.4 Å². The normalized spacial score (nSPS) is 26.0. The number of hydrogen-bond acceptors (Lipinski definition) is 4. The molecule has 2 heterocycles. The molecule has 2 aliphatic heterocycles. The Morgan fingerprint density at radius 2 is 1.72 bits per heavy atom. The first kappa shape index (κ1) is 18.6. The fourth-order valence-corrected chi connectivity index (χ4v) is 4.33. The Hall–Kier alpha value is -1.23. The lowest BCUT2D eigenvalue weighted by Gasteiger charge is -2.38. The van der Waals surface area contributed by atoms with Crippen LogP contribution in [-0.4, -0.2) is 49.2 Å². The predicted octanol–water partition coefficient (Wildman–Crippen LogP) is 3.44. The molecule has 2 unspecified atom stereocenters. The summed E-state index contributed by atoms with van der Waals surface area (Å²) in [5.41, 5.74) is 1.38. The highest BCUT2D eigenvalue weighted by molar-refractivity contribution is 5.81. The Kier molecular flexibility index (Phi) is 7.02. The summed E-state index contributed by atoms with van der Waals surface area (Å²) in [5.74, 6) is 0.632. The average molecular weight is 345 g/mol. The number of carbonyl (C=O) groups excluding carboxylic acids is 1. The topological polar surface area (TPSA) is 38.8 Å². The van der Waals surface area contributed by atoms with Gasteiger partial charge in [-0.1, -0.05) is 30.3 Å². The van der Waals surface area contributed by atoms with Gasteiger partial charge in [-0.15, -0.1) is 0 Å². The van der Waals surface area contributed by atoms with Crippen LogP contribution in [0.15, 0.2) is 30.3 Å². The minimum absolute atomic E-state index is 0.236. The number of ketones is 1. The van der Waals surface area contributed by atoms with Crippen LogP contribution >= 0.6 is 0 Å². The Labute approximate surface area is 151 Å². The molecule has 2 bridgehead atoms. The number of Topliss-reactive ketones (excluding diaryl/α,β-unsaturated/α-hetero) is 1. The van der Waals surface area contributed by atoms with Crippen molar-refractivity contribution in [3.05, 3.63) is 35.9 Å². The monoisotopic (exact) mass is 345 g/mol. The quantitative estimate of drug-likeness (QED) is 0.609. The van der Waals surface area contributed by atoms with E-state index in [9.17, 15) is 4.79 Å². The smallest absolute Gasteiger partial charge is 0.138 e. The molecule has 25 heavy (non-hydrogen) atoms. The third-order valence-electron chi connectivity index (χ3n) is 5.62. The van der Waals surface area contributed by atoms with Gasteiger partial charge in [-0.3, -0.25) is 9.69 Å². The second-order valence-electron chi connectivity index (χ2n) is 7.24. The molecule has 2 fully saturated rings. The van der Waals surface area contributed by atoms with Crippen LogP contribution in [0.4, 0.5) is 0 Å². The second-order valence-corrected chi connectivity index (χ2v) is 7.24. The zero-order chi connectivity index (χ0) is 17.5. The van der Waals surface area contributed by atoms with Gasteiger partial charge >= 0.3 is 0 Å². The van der Waals surface area contributed by atoms with Crippen LogP contribution in [0.3, 0.4) is 0 Å². The molecule has 0 radical (unpaired) electrons. The van der Waals surface area contributed by atoms with Crippen LogP contribution in [0.2, 0.25) is 0 Å². The average Bonchev–Trinajstić information content (AvgIpc) is 2.86. The number of carbonyl (C=O) groups is 1. The highest BCUT2D eigenvalue weighted by atomic mass is 16.5. The lowest BCUT2D eigenvalue weighted by Crippen LogP contribution is -2.44. The molecule has 2 aliphatic rings. The van der Waals surface area contributed by atoms with Crippen molar-refractivity contribution >= 4 is 5.78 Å². The Bertz CT molecular complexity index is 519. The molecule has 1 aromatic rings. The lowest BCUT2D eigenvalue weighted by atomic mass is 9.86. The van der Waals surface area contributed by atoms with Gasteiger partial charge in [-0.25, -0.2) is 0 Å². The van der Waals surface area contributed by atoms with E-state index >= 15 is 0 Å². The van der Waals surface area contributed by atoms with E-state index in [2.05, 4.69) is 35.2 Å². The van der Waals surface area contributed by atoms with E-state index in [1.165, 1.54) is 18.4 Å². The van der Waals surface area contributed by atoms with Crippen molar-refractivity contribution in [2.24, 2.45) is 5.92 Å². The van der Waals surface area contributed by atoms with Gasteiger partial charge in [0.05, 0.1) is 19.8 Å². The van der Waals surface area contributed by atoms with E-state index in [1.54, 1.807) is 0 Å². The highest BCUT2D eigenvalue weighted by Crippen LogP contribution is 2.40. The first-order chi connectivity index (χ1) is 12.3. The molecule has 2 saturated heterocycles. The Morgan fingerprint density at radius 3 is 2.40 bits per heavy atom. The van der Waals surface area contributed by atoms with Gasteiger partial charge in [-0.2, -0.15) is 0 Å². The van der Waals surface area contributed by atoms with Crippen LogP contribution in [0.1, 0.15) is 44.6 Å². The van der Waals surface area contributed by atoms with Gasteiger partial charge in [-0.05, 0) is 38.2 Å². The highest BCUT2D eigenvalue weighted by Gasteiger charge is 2.42. The maximum Gasteiger partial charge on any atom is 0.138 e. The van der Waals surface area contributed by atoms with Crippen LogP contribution in [0.5, 0.6) is 0 Å². The fourth-order valence-electron chi connectivity index (χ4n) is 4.33. The third-order valence-corrected chi connectivity index (χ3v) is 5.62. The Morgan fingerprint density at radius 1 is 1.04 bits per heavy atom. The van der Waals surface area contributed by atoms with E-state index in [-0.39, 0.29) is 5.92 Å². The zero-order valence-electron chi connectivity index (χ0n) is 15.4. The van der Waals surface area contributed by atoms with Crippen molar-refractivity contribution in [2.45, 2.75) is 57.7 Å². The third kappa shape index (κ3) is 5.13. The maximum absolute atomic E-state index is 12.5. The second kappa shape index (κ2) is 9.46. The summed E-state index contributed by atoms with van der Waals surface area (Å²) in [5, 5.41) is 0. The maximum atomic E-state index is 12.5. The molecule has 2 atom stereocenters. The minimum atomic E-state index is 0.236. The summed E-state index contributed by atoms with van der Waals surface area (Å²) in [7, 11) is 0. The van der Waals surface area contributed by atoms with Crippen molar-refractivity contribution < 1.29 is 14.3 Å². The first-order valence-electron chi connectivity index (χ1n) is 9.75. The van der Waals surface area contributed by atoms with Crippen LogP contribution in [-0.2, 0) is 20.8 Å². The van der Waals surface area contributed by atoms with Crippen molar-refractivity contribution in [3.63, 3.8) is 0 Å². The van der Waals surface area contributed by atoms with Crippen LogP contribution in [0.25, 0.3) is 0 Å². The molecule has 0 amide bonds. The molecule has 4 heteroatoms. The van der Waals surface area contributed by atoms with Crippen molar-refractivity contribution in [1.82, 2.24) is 4.90 Å². The van der Waals surface area contributed by atoms with E-state index in [0.717, 1.165) is 19.4 Å². The zero-order valence-corrected chi connectivity index (χ0v) is 15.4. The van der Waals surface area contributed by atoms with E-state index in [1.807, 2.05) is 6.92 Å². The van der Waals surface area contributed by atoms with Gasteiger partial charge in [0.25, 0.3) is 0 Å². The van der Waals surface area contributed by atoms with Crippen molar-refractivity contribution in [3.8, 4) is 0 Å². The number of benzene rings is 1. The van der Waals surface area contributed by atoms with Crippen molar-refractivity contribution in [1.29, 1.82) is 0 Å². The molecular weight excluding hydrogens is 314 g/mol. The van der Waals surface area contributed by atoms with Crippen LogP contribution in [0, 0.1) is 5.92 Å². The number of nitrogens with zero attached hydrogens (tertiary/aromatic N) is 1.